The summed E-state index contributed by atoms with van der Waals surface area (Å²) in [7, 11) is 0. The molecule has 3 heteroatoms. The van der Waals surface area contributed by atoms with E-state index in [1.165, 1.54) is 16.7 Å². The Kier molecular flexibility index (Phi) is 4.85. The van der Waals surface area contributed by atoms with Crippen molar-refractivity contribution >= 4 is 17.3 Å². The molecule has 1 aliphatic heterocycles. The lowest BCUT2D eigenvalue weighted by Gasteiger charge is -2.41. The standard InChI is InChI=1S/C22H28N2O/c1-14(2)22(25)24-17(5)13-20(19-12-16(4)8-11-21(19)24)23-18-9-6-15(3)7-10-18/h6-12,14,17,20,23H,13H2,1-5H3/t17-,20-/m0/s1. The first-order valence-corrected chi connectivity index (χ1v) is 9.13. The number of nitrogens with zero attached hydrogens (tertiary/aromatic N) is 1. The van der Waals surface area contributed by atoms with Gasteiger partial charge in [0, 0.05) is 23.3 Å². The highest BCUT2D eigenvalue weighted by atomic mass is 16.2. The smallest absolute Gasteiger partial charge is 0.229 e. The lowest BCUT2D eigenvalue weighted by atomic mass is 9.89. The summed E-state index contributed by atoms with van der Waals surface area (Å²) >= 11 is 0. The van der Waals surface area contributed by atoms with Gasteiger partial charge in [0.25, 0.3) is 0 Å². The number of rotatable bonds is 3. The summed E-state index contributed by atoms with van der Waals surface area (Å²) in [5.74, 6) is 0.199. The van der Waals surface area contributed by atoms with Gasteiger partial charge in [-0.3, -0.25) is 4.79 Å². The fraction of sp³-hybridized carbons (Fsp3) is 0.409. The van der Waals surface area contributed by atoms with Crippen molar-refractivity contribution in [1.82, 2.24) is 0 Å². The van der Waals surface area contributed by atoms with E-state index < -0.39 is 0 Å². The average Bonchev–Trinajstić information content (AvgIpc) is 2.57. The van der Waals surface area contributed by atoms with Crippen molar-refractivity contribution in [3.63, 3.8) is 0 Å². The van der Waals surface area contributed by atoms with Gasteiger partial charge in [-0.1, -0.05) is 49.2 Å². The Hall–Kier alpha value is -2.29. The highest BCUT2D eigenvalue weighted by molar-refractivity contribution is 5.96. The second-order valence-corrected chi connectivity index (χ2v) is 7.57. The number of hydrogen-bond donors (Lipinski definition) is 1. The Morgan fingerprint density at radius 3 is 2.36 bits per heavy atom. The van der Waals surface area contributed by atoms with Crippen molar-refractivity contribution in [3.8, 4) is 0 Å². The summed E-state index contributed by atoms with van der Waals surface area (Å²) in [5.41, 5.74) is 5.87. The van der Waals surface area contributed by atoms with Crippen LogP contribution in [0, 0.1) is 19.8 Å². The topological polar surface area (TPSA) is 32.3 Å². The molecule has 0 aromatic heterocycles. The maximum Gasteiger partial charge on any atom is 0.229 e. The van der Waals surface area contributed by atoms with Gasteiger partial charge in [-0.05, 0) is 51.0 Å². The Morgan fingerprint density at radius 2 is 1.72 bits per heavy atom. The van der Waals surface area contributed by atoms with Crippen molar-refractivity contribution in [2.24, 2.45) is 5.92 Å². The summed E-state index contributed by atoms with van der Waals surface area (Å²) in [5, 5.41) is 3.67. The van der Waals surface area contributed by atoms with Crippen LogP contribution in [0.5, 0.6) is 0 Å². The van der Waals surface area contributed by atoms with E-state index in [0.29, 0.717) is 0 Å². The molecule has 3 nitrogen and oxygen atoms in total. The maximum absolute atomic E-state index is 12.8. The molecule has 0 saturated carbocycles. The van der Waals surface area contributed by atoms with Gasteiger partial charge in [-0.25, -0.2) is 0 Å². The van der Waals surface area contributed by atoms with Gasteiger partial charge in [-0.15, -0.1) is 0 Å². The molecule has 0 spiro atoms. The molecule has 25 heavy (non-hydrogen) atoms. The number of hydrogen-bond acceptors (Lipinski definition) is 2. The van der Waals surface area contributed by atoms with Crippen LogP contribution in [0.4, 0.5) is 11.4 Å². The van der Waals surface area contributed by atoms with Crippen LogP contribution in [0.2, 0.25) is 0 Å². The predicted octanol–water partition coefficient (Wildman–Crippen LogP) is 5.24. The minimum Gasteiger partial charge on any atom is -0.378 e. The third kappa shape index (κ3) is 3.55. The number of carbonyl (C=O) groups is 1. The molecule has 3 rings (SSSR count). The number of aryl methyl sites for hydroxylation is 2. The molecule has 0 saturated heterocycles. The van der Waals surface area contributed by atoms with Gasteiger partial charge in [0.1, 0.15) is 0 Å². The van der Waals surface area contributed by atoms with E-state index in [9.17, 15) is 4.79 Å². The van der Waals surface area contributed by atoms with Gasteiger partial charge in [0.15, 0.2) is 0 Å². The molecule has 0 radical (unpaired) electrons. The van der Waals surface area contributed by atoms with Crippen molar-refractivity contribution in [2.75, 3.05) is 10.2 Å². The molecule has 1 heterocycles. The first-order valence-electron chi connectivity index (χ1n) is 9.13. The molecule has 0 fully saturated rings. The van der Waals surface area contributed by atoms with E-state index in [0.717, 1.165) is 17.8 Å². The molecular weight excluding hydrogens is 308 g/mol. The van der Waals surface area contributed by atoms with E-state index in [4.69, 9.17) is 0 Å². The molecule has 0 unspecified atom stereocenters. The highest BCUT2D eigenvalue weighted by Crippen LogP contribution is 2.40. The van der Waals surface area contributed by atoms with Gasteiger partial charge >= 0.3 is 0 Å². The molecule has 2 aromatic carbocycles. The first-order chi connectivity index (χ1) is 11.9. The zero-order valence-corrected chi connectivity index (χ0v) is 15.8. The van der Waals surface area contributed by atoms with Gasteiger partial charge in [0.2, 0.25) is 5.91 Å². The number of benzene rings is 2. The Labute approximate surface area is 151 Å². The SMILES string of the molecule is Cc1ccc(N[C@H]2C[C@H](C)N(C(=O)C(C)C)c3ccc(C)cc32)cc1. The molecule has 0 bridgehead atoms. The van der Waals surface area contributed by atoms with E-state index >= 15 is 0 Å². The van der Waals surface area contributed by atoms with E-state index in [2.05, 4.69) is 68.6 Å². The van der Waals surface area contributed by atoms with Crippen LogP contribution in [0.15, 0.2) is 42.5 Å². The molecule has 0 aliphatic carbocycles. The number of amides is 1. The third-order valence-electron chi connectivity index (χ3n) is 4.96. The largest absolute Gasteiger partial charge is 0.378 e. The summed E-state index contributed by atoms with van der Waals surface area (Å²) in [6.45, 7) is 10.3. The Balaban J connectivity index is 1.98. The van der Waals surface area contributed by atoms with E-state index in [-0.39, 0.29) is 23.9 Å². The number of anilines is 2. The quantitative estimate of drug-likeness (QED) is 0.831. The van der Waals surface area contributed by atoms with Gasteiger partial charge in [0.05, 0.1) is 6.04 Å². The molecule has 2 aromatic rings. The second kappa shape index (κ2) is 6.91. The van der Waals surface area contributed by atoms with Crippen LogP contribution in [0.3, 0.4) is 0 Å². The van der Waals surface area contributed by atoms with E-state index in [1.54, 1.807) is 0 Å². The van der Waals surface area contributed by atoms with E-state index in [1.807, 2.05) is 18.7 Å². The first kappa shape index (κ1) is 17.5. The van der Waals surface area contributed by atoms with Crippen LogP contribution in [-0.2, 0) is 4.79 Å². The minimum absolute atomic E-state index is 0.00166. The zero-order valence-electron chi connectivity index (χ0n) is 15.8. The lowest BCUT2D eigenvalue weighted by Crippen LogP contribution is -2.46. The predicted molar refractivity (Wildman–Crippen MR) is 105 cm³/mol. The fourth-order valence-corrected chi connectivity index (χ4v) is 3.59. The van der Waals surface area contributed by atoms with Gasteiger partial charge in [-0.2, -0.15) is 0 Å². The Morgan fingerprint density at radius 1 is 1.08 bits per heavy atom. The van der Waals surface area contributed by atoms with Crippen LogP contribution in [0.25, 0.3) is 0 Å². The summed E-state index contributed by atoms with van der Waals surface area (Å²) in [6.07, 6.45) is 0.906. The summed E-state index contributed by atoms with van der Waals surface area (Å²) in [6, 6.07) is 15.3. The number of nitrogens with one attached hydrogen (secondary N) is 1. The summed E-state index contributed by atoms with van der Waals surface area (Å²) < 4.78 is 0. The number of carbonyl (C=O) groups excluding carboxylic acids is 1. The minimum atomic E-state index is -0.00166. The molecule has 1 N–H and O–H groups in total. The highest BCUT2D eigenvalue weighted by Gasteiger charge is 2.34. The molecular formula is C22H28N2O. The van der Waals surface area contributed by atoms with Crippen molar-refractivity contribution in [2.45, 2.75) is 53.1 Å². The second-order valence-electron chi connectivity index (χ2n) is 7.57. The van der Waals surface area contributed by atoms with Gasteiger partial charge < -0.3 is 10.2 Å². The summed E-state index contributed by atoms with van der Waals surface area (Å²) in [4.78, 5) is 14.8. The van der Waals surface area contributed by atoms with Crippen molar-refractivity contribution in [3.05, 3.63) is 59.2 Å². The van der Waals surface area contributed by atoms with Crippen molar-refractivity contribution < 1.29 is 4.79 Å². The molecule has 1 amide bonds. The van der Waals surface area contributed by atoms with Crippen LogP contribution < -0.4 is 10.2 Å². The van der Waals surface area contributed by atoms with Crippen molar-refractivity contribution in [1.29, 1.82) is 0 Å². The number of fused-ring (bicyclic) bond motifs is 1. The normalized spacial score (nSPS) is 19.7. The zero-order chi connectivity index (χ0) is 18.1. The lowest BCUT2D eigenvalue weighted by molar-refractivity contribution is -0.122. The maximum atomic E-state index is 12.8. The van der Waals surface area contributed by atoms with Crippen LogP contribution in [0.1, 0.15) is 49.9 Å². The average molecular weight is 336 g/mol. The Bertz CT molecular complexity index is 764. The molecule has 2 atom stereocenters. The van der Waals surface area contributed by atoms with Crippen LogP contribution in [-0.4, -0.2) is 11.9 Å². The fourth-order valence-electron chi connectivity index (χ4n) is 3.59. The monoisotopic (exact) mass is 336 g/mol. The molecule has 1 aliphatic rings. The molecule has 132 valence electrons. The third-order valence-corrected chi connectivity index (χ3v) is 4.96. The van der Waals surface area contributed by atoms with Crippen LogP contribution >= 0.6 is 0 Å².